The Bertz CT molecular complexity index is 581. The summed E-state index contributed by atoms with van der Waals surface area (Å²) in [4.78, 5) is 18.4. The molecule has 136 valence electrons. The molecule has 0 radical (unpaired) electrons. The van der Waals surface area contributed by atoms with E-state index in [1.807, 2.05) is 13.0 Å². The smallest absolute Gasteiger partial charge is 0.366 e. The first-order chi connectivity index (χ1) is 12.0. The predicted octanol–water partition coefficient (Wildman–Crippen LogP) is 2.51. The van der Waals surface area contributed by atoms with E-state index in [1.54, 1.807) is 6.07 Å². The maximum absolute atomic E-state index is 11.7. The van der Waals surface area contributed by atoms with E-state index < -0.39 is 6.68 Å². The first kappa shape index (κ1) is 22.1. The lowest BCUT2D eigenvalue weighted by atomic mass is 10.2. The van der Waals surface area contributed by atoms with Crippen molar-refractivity contribution in [2.24, 2.45) is 0 Å². The molecule has 3 rings (SSSR count). The molecule has 0 aliphatic carbocycles. The lowest BCUT2D eigenvalue weighted by Crippen LogP contribution is -2.33. The Morgan fingerprint density at radius 2 is 1.96 bits per heavy atom. The van der Waals surface area contributed by atoms with Gasteiger partial charge in [0.05, 0.1) is 5.69 Å². The van der Waals surface area contributed by atoms with E-state index in [0.717, 1.165) is 31.0 Å². The Hall–Kier alpha value is -2.87. The number of nitrogens with zero attached hydrogens (tertiary/aromatic N) is 2. The highest BCUT2D eigenvalue weighted by atomic mass is 19.4. The van der Waals surface area contributed by atoms with Crippen LogP contribution in [0.3, 0.4) is 0 Å². The lowest BCUT2D eigenvalue weighted by molar-refractivity contribution is 0.00818. The summed E-state index contributed by atoms with van der Waals surface area (Å²) in [5, 5.41) is 6.16. The molecule has 1 saturated heterocycles. The first-order valence-corrected chi connectivity index (χ1v) is 7.41. The molecule has 1 aromatic heterocycles. The van der Waals surface area contributed by atoms with Gasteiger partial charge >= 0.3 is 6.68 Å². The number of amides is 1. The number of hydrogen-bond acceptors (Lipinski definition) is 4. The minimum Gasteiger partial charge on any atom is -0.366 e. The maximum Gasteiger partial charge on any atom is 0.379 e. The van der Waals surface area contributed by atoms with Gasteiger partial charge in [0.15, 0.2) is 5.82 Å². The average Bonchev–Trinajstić information content (AvgIpc) is 3.00. The van der Waals surface area contributed by atoms with Crippen LogP contribution in [0.2, 0.25) is 0 Å². The van der Waals surface area contributed by atoms with Crippen molar-refractivity contribution < 1.29 is 18.0 Å². The summed E-state index contributed by atoms with van der Waals surface area (Å²) in [5.74, 6) is 0.743. The van der Waals surface area contributed by atoms with Crippen LogP contribution in [0, 0.1) is 25.7 Å². The third kappa shape index (κ3) is 6.64. The second-order valence-electron chi connectivity index (χ2n) is 4.75. The summed E-state index contributed by atoms with van der Waals surface area (Å²) in [6.45, 7) is 0.988. The van der Waals surface area contributed by atoms with Crippen molar-refractivity contribution in [3.63, 3.8) is 0 Å². The van der Waals surface area contributed by atoms with Crippen LogP contribution in [-0.4, -0.2) is 43.2 Å². The molecule has 8 heteroatoms. The molecule has 3 heterocycles. The lowest BCUT2D eigenvalue weighted by Gasteiger charge is -2.27. The summed E-state index contributed by atoms with van der Waals surface area (Å²) in [5.41, 5.74) is 1.60. The Kier molecular flexibility index (Phi) is 10.3. The number of rotatable bonds is 2. The van der Waals surface area contributed by atoms with Crippen LogP contribution < -0.4 is 15.5 Å². The van der Waals surface area contributed by atoms with Gasteiger partial charge in [-0.2, -0.15) is 13.2 Å². The number of nitrogens with one attached hydrogen (secondary N) is 2. The number of pyridine rings is 1. The van der Waals surface area contributed by atoms with E-state index in [2.05, 4.69) is 46.2 Å². The van der Waals surface area contributed by atoms with E-state index in [0.29, 0.717) is 18.3 Å². The van der Waals surface area contributed by atoms with Crippen LogP contribution in [0.15, 0.2) is 12.1 Å². The van der Waals surface area contributed by atoms with Crippen molar-refractivity contribution in [1.29, 1.82) is 0 Å². The van der Waals surface area contributed by atoms with Crippen molar-refractivity contribution in [3.8, 4) is 25.7 Å². The van der Waals surface area contributed by atoms with E-state index >= 15 is 0 Å². The van der Waals surface area contributed by atoms with Crippen LogP contribution in [-0.2, 0) is 0 Å². The number of terminal acetylenes is 2. The number of alkyl halides is 3. The quantitative estimate of drug-likeness (QED) is 0.802. The molecular weight excluding hydrogens is 333 g/mol. The van der Waals surface area contributed by atoms with Gasteiger partial charge in [-0.1, -0.05) is 0 Å². The fraction of sp³-hybridized carbons (Fsp3) is 0.412. The van der Waals surface area contributed by atoms with Gasteiger partial charge in [-0.05, 0) is 25.5 Å². The summed E-state index contributed by atoms with van der Waals surface area (Å²) in [6, 6.07) is 4.27. The number of fused-ring (bicyclic) bond motifs is 4. The zero-order valence-corrected chi connectivity index (χ0v) is 13.9. The minimum absolute atomic E-state index is 0.106. The fourth-order valence-corrected chi connectivity index (χ4v) is 2.48. The summed E-state index contributed by atoms with van der Waals surface area (Å²) < 4.78 is 29.0. The third-order valence-corrected chi connectivity index (χ3v) is 3.31. The van der Waals surface area contributed by atoms with Crippen molar-refractivity contribution in [1.82, 2.24) is 10.3 Å². The van der Waals surface area contributed by atoms with E-state index in [9.17, 15) is 18.0 Å². The zero-order valence-electron chi connectivity index (χ0n) is 13.9. The van der Waals surface area contributed by atoms with Gasteiger partial charge in [-0.25, -0.2) is 4.98 Å². The van der Waals surface area contributed by atoms with Gasteiger partial charge in [0, 0.05) is 25.7 Å². The van der Waals surface area contributed by atoms with Crippen LogP contribution >= 0.6 is 0 Å². The van der Waals surface area contributed by atoms with Gasteiger partial charge in [-0.3, -0.25) is 4.79 Å². The predicted molar refractivity (Wildman–Crippen MR) is 93.4 cm³/mol. The Morgan fingerprint density at radius 3 is 2.52 bits per heavy atom. The number of hydrogen-bond donors (Lipinski definition) is 2. The number of carbonyl (C=O) groups excluding carboxylic acids is 1. The van der Waals surface area contributed by atoms with Gasteiger partial charge < -0.3 is 15.5 Å². The molecular formula is C17H21F3N4O. The molecule has 1 aromatic rings. The largest absolute Gasteiger partial charge is 0.379 e. The highest BCUT2D eigenvalue weighted by Gasteiger charge is 2.30. The van der Waals surface area contributed by atoms with Gasteiger partial charge in [0.2, 0.25) is 0 Å². The topological polar surface area (TPSA) is 57.3 Å². The number of carbonyl (C=O) groups is 1. The molecule has 0 spiro atoms. The second-order valence-corrected chi connectivity index (χ2v) is 4.75. The third-order valence-electron chi connectivity index (χ3n) is 3.31. The maximum atomic E-state index is 11.7. The number of aromatic nitrogens is 1. The van der Waals surface area contributed by atoms with E-state index in [1.165, 1.54) is 0 Å². The Labute approximate surface area is 146 Å². The van der Waals surface area contributed by atoms with E-state index in [4.69, 9.17) is 0 Å². The highest BCUT2D eigenvalue weighted by molar-refractivity contribution is 5.93. The minimum atomic E-state index is -3.67. The summed E-state index contributed by atoms with van der Waals surface area (Å²) in [6.07, 6.45) is 17.1. The molecule has 1 fully saturated rings. The first-order valence-electron chi connectivity index (χ1n) is 7.41. The van der Waals surface area contributed by atoms with Crippen molar-refractivity contribution in [3.05, 3.63) is 17.8 Å². The monoisotopic (exact) mass is 354 g/mol. The SMILES string of the molecule is C#C.C#C.CCNC(=O)c1ccc2c(n1)NC1CCN2C1.FC(F)F. The zero-order chi connectivity index (χ0) is 19.4. The normalized spacial score (nSPS) is 15.7. The molecule has 2 bridgehead atoms. The van der Waals surface area contributed by atoms with Crippen LogP contribution in [0.1, 0.15) is 23.8 Å². The van der Waals surface area contributed by atoms with Crippen LogP contribution in [0.5, 0.6) is 0 Å². The van der Waals surface area contributed by atoms with Crippen molar-refractivity contribution >= 4 is 17.4 Å². The van der Waals surface area contributed by atoms with Gasteiger partial charge in [-0.15, -0.1) is 25.7 Å². The standard InChI is InChI=1S/C12H16N4O.2C2H2.CHF3/c1-2-13-12(17)9-3-4-10-11(15-9)14-8-5-6-16(10)7-8;2*1-2;2-1(3)4/h3-4,8H,2,5-7H2,1H3,(H,13,17)(H,14,15);2*1-2H;1H. The van der Waals surface area contributed by atoms with Crippen LogP contribution in [0.25, 0.3) is 0 Å². The molecule has 0 aromatic carbocycles. The Morgan fingerprint density at radius 1 is 1.36 bits per heavy atom. The number of halogens is 3. The van der Waals surface area contributed by atoms with Crippen molar-refractivity contribution in [2.45, 2.75) is 26.1 Å². The molecule has 2 aliphatic rings. The molecule has 1 amide bonds. The average molecular weight is 354 g/mol. The second kappa shape index (κ2) is 11.6. The fourth-order valence-electron chi connectivity index (χ4n) is 2.48. The molecule has 5 nitrogen and oxygen atoms in total. The molecule has 1 unspecified atom stereocenters. The summed E-state index contributed by atoms with van der Waals surface area (Å²) in [7, 11) is 0. The Balaban J connectivity index is 0.000000625. The van der Waals surface area contributed by atoms with Gasteiger partial charge in [0.25, 0.3) is 5.91 Å². The van der Waals surface area contributed by atoms with E-state index in [-0.39, 0.29) is 5.91 Å². The van der Waals surface area contributed by atoms with Crippen LogP contribution in [0.4, 0.5) is 24.7 Å². The van der Waals surface area contributed by atoms with Crippen molar-refractivity contribution in [2.75, 3.05) is 29.9 Å². The molecule has 25 heavy (non-hydrogen) atoms. The molecule has 2 aliphatic heterocycles. The molecule has 2 N–H and O–H groups in total. The molecule has 0 saturated carbocycles. The summed E-state index contributed by atoms with van der Waals surface area (Å²) >= 11 is 0. The van der Waals surface area contributed by atoms with Gasteiger partial charge in [0.1, 0.15) is 5.69 Å². The molecule has 1 atom stereocenters. The number of anilines is 2. The highest BCUT2D eigenvalue weighted by Crippen LogP contribution is 2.33.